The Morgan fingerprint density at radius 1 is 1.40 bits per heavy atom. The monoisotopic (exact) mass is 232 g/mol. The van der Waals surface area contributed by atoms with Crippen LogP contribution in [0.5, 0.6) is 0 Å². The molecule has 0 saturated heterocycles. The van der Waals surface area contributed by atoms with Crippen molar-refractivity contribution in [3.63, 3.8) is 0 Å². The second kappa shape index (κ2) is 10.6. The smallest absolute Gasteiger partial charge is 0.234 e. The van der Waals surface area contributed by atoms with E-state index in [0.717, 1.165) is 0 Å². The number of rotatable bonds is 7. The van der Waals surface area contributed by atoms with Crippen LogP contribution in [0.1, 0.15) is 13.3 Å². The van der Waals surface area contributed by atoms with E-state index in [4.69, 9.17) is 4.43 Å². The van der Waals surface area contributed by atoms with E-state index in [0.29, 0.717) is 0 Å². The standard InChI is InChI=1S/C4H12OS4Si/c1-3-4-6-7-8-9-10-5-2/h3-4,10H2,1-2H3. The van der Waals surface area contributed by atoms with Gasteiger partial charge in [0.25, 0.3) is 0 Å². The molecular weight excluding hydrogens is 220 g/mol. The van der Waals surface area contributed by atoms with E-state index in [1.54, 1.807) is 7.11 Å². The van der Waals surface area contributed by atoms with E-state index >= 15 is 0 Å². The van der Waals surface area contributed by atoms with Crippen molar-refractivity contribution in [2.45, 2.75) is 13.3 Å². The van der Waals surface area contributed by atoms with Crippen molar-refractivity contribution in [3.05, 3.63) is 0 Å². The molecule has 0 aromatic rings. The van der Waals surface area contributed by atoms with E-state index in [1.165, 1.54) is 12.2 Å². The van der Waals surface area contributed by atoms with Crippen LogP contribution in [0.3, 0.4) is 0 Å². The Morgan fingerprint density at radius 3 is 2.80 bits per heavy atom. The van der Waals surface area contributed by atoms with Crippen molar-refractivity contribution in [2.24, 2.45) is 0 Å². The van der Waals surface area contributed by atoms with E-state index in [9.17, 15) is 0 Å². The fraction of sp³-hybridized carbons (Fsp3) is 1.00. The van der Waals surface area contributed by atoms with Crippen LogP contribution in [-0.2, 0) is 4.43 Å². The van der Waals surface area contributed by atoms with Gasteiger partial charge >= 0.3 is 0 Å². The molecule has 0 saturated carbocycles. The Hall–Kier alpha value is 1.58. The minimum atomic E-state index is -0.267. The summed E-state index contributed by atoms with van der Waals surface area (Å²) in [6.07, 6.45) is 1.27. The average molecular weight is 232 g/mol. The summed E-state index contributed by atoms with van der Waals surface area (Å²) >= 11 is 0. The van der Waals surface area contributed by atoms with E-state index in [-0.39, 0.29) is 8.91 Å². The van der Waals surface area contributed by atoms with Crippen molar-refractivity contribution in [2.75, 3.05) is 12.9 Å². The lowest BCUT2D eigenvalue weighted by Gasteiger charge is -1.96. The minimum Gasteiger partial charge on any atom is -0.415 e. The first-order chi connectivity index (χ1) is 4.91. The summed E-state index contributed by atoms with van der Waals surface area (Å²) in [5.74, 6) is 1.26. The van der Waals surface area contributed by atoms with Gasteiger partial charge in [0.1, 0.15) is 0 Å². The maximum atomic E-state index is 5.01. The molecule has 0 heterocycles. The van der Waals surface area contributed by atoms with Crippen molar-refractivity contribution in [3.8, 4) is 0 Å². The van der Waals surface area contributed by atoms with Crippen molar-refractivity contribution < 1.29 is 4.43 Å². The summed E-state index contributed by atoms with van der Waals surface area (Å²) in [5, 5.41) is 0. The molecule has 6 heteroatoms. The molecule has 10 heavy (non-hydrogen) atoms. The molecule has 0 aromatic carbocycles. The quantitative estimate of drug-likeness (QED) is 0.378. The summed E-state index contributed by atoms with van der Waals surface area (Å²) in [6.45, 7) is 2.20. The van der Waals surface area contributed by atoms with E-state index in [2.05, 4.69) is 6.92 Å². The Bertz CT molecular complexity index is 57.2. The summed E-state index contributed by atoms with van der Waals surface area (Å²) in [5.41, 5.74) is 0. The molecule has 0 aliphatic rings. The maximum Gasteiger partial charge on any atom is 0.234 e. The molecule has 0 rings (SSSR count). The topological polar surface area (TPSA) is 9.23 Å². The van der Waals surface area contributed by atoms with Gasteiger partial charge in [-0.1, -0.05) is 28.0 Å². The molecule has 0 aliphatic heterocycles. The van der Waals surface area contributed by atoms with Crippen molar-refractivity contribution >= 4 is 49.6 Å². The average Bonchev–Trinajstić information content (AvgIpc) is 1.97. The Kier molecular flexibility index (Phi) is 12.2. The number of hydrogen-bond donors (Lipinski definition) is 0. The van der Waals surface area contributed by atoms with Crippen molar-refractivity contribution in [1.29, 1.82) is 0 Å². The SMILES string of the molecule is CCCSSSS[SiH2]OC. The molecule has 0 unspecified atom stereocenters. The van der Waals surface area contributed by atoms with Gasteiger partial charge in [-0.3, -0.25) is 0 Å². The summed E-state index contributed by atoms with van der Waals surface area (Å²) in [7, 11) is 9.04. The predicted octanol–water partition coefficient (Wildman–Crippen LogP) is 2.72. The first-order valence-electron chi connectivity index (χ1n) is 2.98. The molecule has 0 fully saturated rings. The largest absolute Gasteiger partial charge is 0.415 e. The number of hydrogen-bond acceptors (Lipinski definition) is 5. The fourth-order valence-corrected chi connectivity index (χ4v) is 10.9. The normalized spacial score (nSPS) is 11.4. The van der Waals surface area contributed by atoms with Crippen LogP contribution in [0.25, 0.3) is 0 Å². The molecule has 0 N–H and O–H groups in total. The Balaban J connectivity index is 2.65. The highest BCUT2D eigenvalue weighted by Gasteiger charge is 1.90. The lowest BCUT2D eigenvalue weighted by Crippen LogP contribution is -1.80. The Morgan fingerprint density at radius 2 is 2.20 bits per heavy atom. The van der Waals surface area contributed by atoms with Gasteiger partial charge in [0.2, 0.25) is 8.91 Å². The van der Waals surface area contributed by atoms with Gasteiger partial charge in [-0.15, -0.1) is 0 Å². The van der Waals surface area contributed by atoms with Crippen LogP contribution in [0.15, 0.2) is 0 Å². The zero-order chi connectivity index (χ0) is 7.66. The lowest BCUT2D eigenvalue weighted by atomic mass is 10.6. The third-order valence-corrected chi connectivity index (χ3v) is 11.2. The van der Waals surface area contributed by atoms with Gasteiger partial charge in [0, 0.05) is 12.9 Å². The lowest BCUT2D eigenvalue weighted by molar-refractivity contribution is 0.456. The molecule has 0 atom stereocenters. The third kappa shape index (κ3) is 9.58. The molecule has 0 aliphatic carbocycles. The van der Waals surface area contributed by atoms with Gasteiger partial charge in [-0.2, -0.15) is 0 Å². The van der Waals surface area contributed by atoms with E-state index in [1.807, 2.05) is 40.7 Å². The van der Waals surface area contributed by atoms with Gasteiger partial charge in [-0.05, 0) is 26.1 Å². The first kappa shape index (κ1) is 11.6. The Labute approximate surface area is 80.0 Å². The van der Waals surface area contributed by atoms with Crippen LogP contribution < -0.4 is 0 Å². The molecule has 0 spiro atoms. The van der Waals surface area contributed by atoms with Crippen LogP contribution in [0.2, 0.25) is 0 Å². The van der Waals surface area contributed by atoms with Crippen LogP contribution >= 0.6 is 40.7 Å². The first-order valence-corrected chi connectivity index (χ1v) is 10.4. The molecular formula is C4H12OS4Si. The molecule has 0 bridgehead atoms. The molecule has 0 radical (unpaired) electrons. The zero-order valence-corrected chi connectivity index (χ0v) is 10.8. The van der Waals surface area contributed by atoms with Gasteiger partial charge in [-0.25, -0.2) is 0 Å². The maximum absolute atomic E-state index is 5.01. The molecule has 1 nitrogen and oxygen atoms in total. The zero-order valence-electron chi connectivity index (χ0n) is 6.16. The summed E-state index contributed by atoms with van der Waals surface area (Å²) in [4.78, 5) is 0. The fourth-order valence-electron chi connectivity index (χ4n) is 0.224. The second-order valence-corrected chi connectivity index (χ2v) is 11.0. The second-order valence-electron chi connectivity index (χ2n) is 1.48. The van der Waals surface area contributed by atoms with Gasteiger partial charge in [0.15, 0.2) is 0 Å². The highest BCUT2D eigenvalue weighted by molar-refractivity contribution is 9.28. The molecule has 0 amide bonds. The van der Waals surface area contributed by atoms with Gasteiger partial charge < -0.3 is 4.43 Å². The minimum absolute atomic E-state index is 0.267. The van der Waals surface area contributed by atoms with Crippen LogP contribution in [-0.4, -0.2) is 21.8 Å². The van der Waals surface area contributed by atoms with Crippen LogP contribution in [0, 0.1) is 0 Å². The predicted molar refractivity (Wildman–Crippen MR) is 61.1 cm³/mol. The van der Waals surface area contributed by atoms with Gasteiger partial charge in [0.05, 0.1) is 0 Å². The summed E-state index contributed by atoms with van der Waals surface area (Å²) < 4.78 is 5.01. The highest BCUT2D eigenvalue weighted by atomic mass is 33.7. The van der Waals surface area contributed by atoms with E-state index < -0.39 is 0 Å². The summed E-state index contributed by atoms with van der Waals surface area (Å²) in [6, 6.07) is 0. The molecule has 0 aromatic heterocycles. The third-order valence-electron chi connectivity index (χ3n) is 0.577. The highest BCUT2D eigenvalue weighted by Crippen LogP contribution is 2.42. The van der Waals surface area contributed by atoms with Crippen molar-refractivity contribution in [1.82, 2.24) is 0 Å². The molecule has 62 valence electrons. The van der Waals surface area contributed by atoms with Crippen LogP contribution in [0.4, 0.5) is 0 Å².